The van der Waals surface area contributed by atoms with E-state index < -0.39 is 0 Å². The largest absolute Gasteiger partial charge is 0.135 e. The zero-order chi connectivity index (χ0) is 41.1. The molecule has 61 heavy (non-hydrogen) atoms. The molecule has 0 spiro atoms. The Hall–Kier alpha value is -6.28. The van der Waals surface area contributed by atoms with Crippen molar-refractivity contribution in [2.75, 3.05) is 0 Å². The third-order valence-electron chi connectivity index (χ3n) is 14.2. The summed E-state index contributed by atoms with van der Waals surface area (Å²) in [5.74, 6) is 0.896. The molecule has 0 bridgehead atoms. The lowest BCUT2D eigenvalue weighted by Gasteiger charge is -2.28. The van der Waals surface area contributed by atoms with E-state index in [2.05, 4.69) is 215 Å². The molecule has 0 nitrogen and oxygen atoms in total. The second-order valence-electron chi connectivity index (χ2n) is 17.9. The highest BCUT2D eigenvalue weighted by molar-refractivity contribution is 7.26. The van der Waals surface area contributed by atoms with Crippen LogP contribution in [0.25, 0.3) is 52.8 Å². The number of thiophene rings is 1. The Morgan fingerprint density at radius 2 is 1.16 bits per heavy atom. The van der Waals surface area contributed by atoms with Crippen molar-refractivity contribution in [2.45, 2.75) is 63.2 Å². The number of aryl methyl sites for hydroxylation is 1. The van der Waals surface area contributed by atoms with Gasteiger partial charge in [-0.05, 0) is 114 Å². The summed E-state index contributed by atoms with van der Waals surface area (Å²) >= 11 is 1.95. The third-order valence-corrected chi connectivity index (χ3v) is 15.4. The normalized spacial score (nSPS) is 14.6. The Balaban J connectivity index is 1.04. The first-order chi connectivity index (χ1) is 29.9. The summed E-state index contributed by atoms with van der Waals surface area (Å²) in [6.45, 7) is 7.38. The van der Waals surface area contributed by atoms with E-state index in [9.17, 15) is 0 Å². The van der Waals surface area contributed by atoms with Crippen LogP contribution in [-0.4, -0.2) is 0 Å². The smallest absolute Gasteiger partial charge is 0.0387 e. The number of hydrogen-bond acceptors (Lipinski definition) is 1. The van der Waals surface area contributed by atoms with Crippen molar-refractivity contribution in [1.29, 1.82) is 0 Å². The molecule has 1 heterocycles. The van der Waals surface area contributed by atoms with Gasteiger partial charge in [-0.1, -0.05) is 209 Å². The molecular formula is C60H50S. The van der Waals surface area contributed by atoms with Gasteiger partial charge in [0.2, 0.25) is 0 Å². The second-order valence-corrected chi connectivity index (χ2v) is 19.0. The molecule has 3 atom stereocenters. The maximum atomic E-state index is 2.63. The zero-order valence-corrected chi connectivity index (χ0v) is 36.1. The van der Waals surface area contributed by atoms with Gasteiger partial charge >= 0.3 is 0 Å². The minimum absolute atomic E-state index is 0.174. The molecule has 9 aromatic carbocycles. The monoisotopic (exact) mass is 802 g/mol. The molecule has 11 rings (SSSR count). The van der Waals surface area contributed by atoms with Crippen molar-refractivity contribution >= 4 is 53.1 Å². The summed E-state index contributed by atoms with van der Waals surface area (Å²) < 4.78 is 2.80. The summed E-state index contributed by atoms with van der Waals surface area (Å²) in [6, 6.07) is 73.4. The van der Waals surface area contributed by atoms with Crippen molar-refractivity contribution < 1.29 is 0 Å². The molecule has 1 aromatic heterocycles. The van der Waals surface area contributed by atoms with Crippen LogP contribution >= 0.6 is 11.3 Å². The van der Waals surface area contributed by atoms with Crippen molar-refractivity contribution in [3.63, 3.8) is 0 Å². The predicted molar refractivity (Wildman–Crippen MR) is 263 cm³/mol. The molecule has 0 N–H and O–H groups in total. The van der Waals surface area contributed by atoms with Gasteiger partial charge in [-0.15, -0.1) is 11.3 Å². The van der Waals surface area contributed by atoms with Crippen LogP contribution in [0.3, 0.4) is 0 Å². The first kappa shape index (κ1) is 37.7. The molecule has 3 unspecified atom stereocenters. The van der Waals surface area contributed by atoms with E-state index in [1.54, 1.807) is 0 Å². The van der Waals surface area contributed by atoms with Gasteiger partial charge < -0.3 is 0 Å². The molecule has 1 heteroatoms. The molecule has 0 aliphatic heterocycles. The maximum Gasteiger partial charge on any atom is 0.0387 e. The first-order valence-electron chi connectivity index (χ1n) is 22.1. The van der Waals surface area contributed by atoms with E-state index in [0.29, 0.717) is 11.8 Å². The Morgan fingerprint density at radius 1 is 0.508 bits per heavy atom. The molecule has 0 saturated heterocycles. The molecule has 10 aromatic rings. The van der Waals surface area contributed by atoms with Crippen molar-refractivity contribution in [2.24, 2.45) is 0 Å². The first-order valence-corrected chi connectivity index (χ1v) is 22.9. The summed E-state index contributed by atoms with van der Waals surface area (Å²) in [4.78, 5) is 0. The SMILES string of the molecule is CC(c1ccc2c(c1)C(C)(C)c1cc(C(CCc3cccc4c3sc3ccccc34)c3cccc4ccccc34)c3ccccc3c1-2)C(Cc1ccccc1)c1ccccc1. The molecule has 1 aliphatic carbocycles. The van der Waals surface area contributed by atoms with Crippen molar-refractivity contribution in [3.05, 3.63) is 239 Å². The van der Waals surface area contributed by atoms with Crippen LogP contribution in [0.4, 0.5) is 0 Å². The quantitative estimate of drug-likeness (QED) is 0.129. The number of fused-ring (bicyclic) bond motifs is 9. The van der Waals surface area contributed by atoms with Gasteiger partial charge in [-0.25, -0.2) is 0 Å². The van der Waals surface area contributed by atoms with Crippen LogP contribution in [0, 0.1) is 0 Å². The van der Waals surface area contributed by atoms with Gasteiger partial charge in [0.25, 0.3) is 0 Å². The van der Waals surface area contributed by atoms with Gasteiger partial charge in [0.15, 0.2) is 0 Å². The summed E-state index contributed by atoms with van der Waals surface area (Å²) in [7, 11) is 0. The summed E-state index contributed by atoms with van der Waals surface area (Å²) in [5.41, 5.74) is 14.0. The molecule has 0 amide bonds. The van der Waals surface area contributed by atoms with Gasteiger partial charge in [-0.3, -0.25) is 0 Å². The van der Waals surface area contributed by atoms with E-state index >= 15 is 0 Å². The summed E-state index contributed by atoms with van der Waals surface area (Å²) in [6.07, 6.45) is 3.02. The van der Waals surface area contributed by atoms with E-state index in [4.69, 9.17) is 0 Å². The summed E-state index contributed by atoms with van der Waals surface area (Å²) in [5, 5.41) is 8.14. The Kier molecular flexibility index (Phi) is 9.47. The van der Waals surface area contributed by atoms with Crippen molar-refractivity contribution in [3.8, 4) is 11.1 Å². The van der Waals surface area contributed by atoms with E-state index in [0.717, 1.165) is 19.3 Å². The standard InChI is InChI=1S/C60H50S/c1-39(53(42-20-8-5-9-21-42)36-40-18-6-4-7-19-40)44-33-35-52-55(37-44)60(2,3)56-38-54(47-26-12-13-28-50(47)58(52)56)48(46-29-16-23-41-22-10-11-25-45(41)46)34-32-43-24-17-30-51-49-27-14-15-31-57(49)61-59(43)51/h4-31,33,35,37-39,48,53H,32,34,36H2,1-3H3. The average Bonchev–Trinajstić information content (AvgIpc) is 3.80. The number of benzene rings is 9. The Bertz CT molecular complexity index is 3220. The number of hydrogen-bond donors (Lipinski definition) is 0. The third kappa shape index (κ3) is 6.50. The Labute approximate surface area is 364 Å². The van der Waals surface area contributed by atoms with Crippen LogP contribution < -0.4 is 0 Å². The maximum absolute atomic E-state index is 2.63. The van der Waals surface area contributed by atoms with Gasteiger partial charge in [0.1, 0.15) is 0 Å². The second kappa shape index (κ2) is 15.3. The number of rotatable bonds is 10. The van der Waals surface area contributed by atoms with E-state index in [1.807, 2.05) is 11.3 Å². The molecular weight excluding hydrogens is 753 g/mol. The highest BCUT2D eigenvalue weighted by Gasteiger charge is 2.39. The fourth-order valence-corrected chi connectivity index (χ4v) is 12.2. The Morgan fingerprint density at radius 3 is 1.98 bits per heavy atom. The molecule has 1 aliphatic rings. The molecule has 0 radical (unpaired) electrons. The van der Waals surface area contributed by atoms with E-state index in [1.165, 1.54) is 97.4 Å². The lowest BCUT2D eigenvalue weighted by molar-refractivity contribution is 0.569. The van der Waals surface area contributed by atoms with Crippen LogP contribution in [0.1, 0.15) is 89.5 Å². The lowest BCUT2D eigenvalue weighted by Crippen LogP contribution is -2.17. The van der Waals surface area contributed by atoms with Crippen LogP contribution in [0.2, 0.25) is 0 Å². The molecule has 0 fully saturated rings. The van der Waals surface area contributed by atoms with Crippen molar-refractivity contribution in [1.82, 2.24) is 0 Å². The minimum Gasteiger partial charge on any atom is -0.135 e. The topological polar surface area (TPSA) is 0 Å². The lowest BCUT2D eigenvalue weighted by atomic mass is 9.75. The van der Waals surface area contributed by atoms with Gasteiger partial charge in [-0.2, -0.15) is 0 Å². The average molecular weight is 803 g/mol. The highest BCUT2D eigenvalue weighted by atomic mass is 32.1. The predicted octanol–water partition coefficient (Wildman–Crippen LogP) is 16.6. The molecule has 296 valence electrons. The van der Waals surface area contributed by atoms with Crippen LogP contribution in [0.15, 0.2) is 194 Å². The fraction of sp³-hybridized carbons (Fsp3) is 0.167. The minimum atomic E-state index is -0.174. The fourth-order valence-electron chi connectivity index (χ4n) is 10.9. The van der Waals surface area contributed by atoms with E-state index in [-0.39, 0.29) is 11.3 Å². The zero-order valence-electron chi connectivity index (χ0n) is 35.2. The highest BCUT2D eigenvalue weighted by Crippen LogP contribution is 2.54. The molecule has 0 saturated carbocycles. The van der Waals surface area contributed by atoms with Crippen LogP contribution in [-0.2, 0) is 18.3 Å². The van der Waals surface area contributed by atoms with Gasteiger partial charge in [0, 0.05) is 31.5 Å². The van der Waals surface area contributed by atoms with Gasteiger partial charge in [0.05, 0.1) is 0 Å². The van der Waals surface area contributed by atoms with Crippen LogP contribution in [0.5, 0.6) is 0 Å².